The number of carbonyl (C=O) groups excluding carboxylic acids is 1. The van der Waals surface area contributed by atoms with Crippen molar-refractivity contribution in [1.29, 1.82) is 0 Å². The van der Waals surface area contributed by atoms with Crippen molar-refractivity contribution in [3.05, 3.63) is 0 Å². The fourth-order valence-electron chi connectivity index (χ4n) is 2.25. The second-order valence-electron chi connectivity index (χ2n) is 5.08. The average Bonchev–Trinajstić information content (AvgIpc) is 2.46. The van der Waals surface area contributed by atoms with E-state index in [1.54, 1.807) is 4.90 Å². The molecule has 0 aromatic rings. The first-order valence-electron chi connectivity index (χ1n) is 6.35. The number of hydrogen-bond acceptors (Lipinski definition) is 2. The Morgan fingerprint density at radius 1 is 1.39 bits per heavy atom. The summed E-state index contributed by atoms with van der Waals surface area (Å²) >= 11 is 0. The molecule has 2 unspecified atom stereocenters. The van der Waals surface area contributed by atoms with Gasteiger partial charge >= 0.3 is 6.18 Å². The molecule has 0 saturated carbocycles. The summed E-state index contributed by atoms with van der Waals surface area (Å²) in [6, 6.07) is 0. The lowest BCUT2D eigenvalue weighted by atomic mass is 9.99. The first-order chi connectivity index (χ1) is 8.19. The van der Waals surface area contributed by atoms with Crippen LogP contribution in [-0.4, -0.2) is 35.2 Å². The van der Waals surface area contributed by atoms with Crippen LogP contribution in [0, 0.1) is 0 Å². The normalized spacial score (nSPS) is 29.1. The fraction of sp³-hybridized carbons (Fsp3) is 0.917. The molecular weight excluding hydrogens is 245 g/mol. The predicted molar refractivity (Wildman–Crippen MR) is 62.9 cm³/mol. The molecule has 1 heterocycles. The minimum Gasteiger partial charge on any atom is -0.326 e. The lowest BCUT2D eigenvalue weighted by Gasteiger charge is -2.21. The van der Waals surface area contributed by atoms with Gasteiger partial charge in [-0.05, 0) is 33.1 Å². The van der Waals surface area contributed by atoms with Gasteiger partial charge in [-0.3, -0.25) is 10.1 Å². The summed E-state index contributed by atoms with van der Waals surface area (Å²) in [6.45, 7) is 6.01. The van der Waals surface area contributed by atoms with Crippen LogP contribution in [0.2, 0.25) is 0 Å². The molecule has 106 valence electrons. The van der Waals surface area contributed by atoms with E-state index in [2.05, 4.69) is 5.32 Å². The van der Waals surface area contributed by atoms with E-state index in [-0.39, 0.29) is 18.5 Å². The fourth-order valence-corrected chi connectivity index (χ4v) is 2.25. The summed E-state index contributed by atoms with van der Waals surface area (Å²) in [6.07, 6.45) is -3.85. The third-order valence-electron chi connectivity index (χ3n) is 3.54. The maximum absolute atomic E-state index is 12.1. The standard InChI is InChI=1S/C12H21F3N2O/c1-4-11(3)10(18)17(9(2)16-11)8-6-5-7-12(13,14)15/h9,16H,4-8H2,1-3H3. The van der Waals surface area contributed by atoms with Crippen LogP contribution in [0.4, 0.5) is 13.2 Å². The maximum Gasteiger partial charge on any atom is 0.389 e. The Balaban J connectivity index is 2.41. The van der Waals surface area contributed by atoms with Gasteiger partial charge in [-0.1, -0.05) is 6.92 Å². The molecule has 1 rings (SSSR count). The molecule has 1 aliphatic heterocycles. The Hall–Kier alpha value is -0.780. The Morgan fingerprint density at radius 3 is 2.44 bits per heavy atom. The number of halogens is 3. The molecule has 1 N–H and O–H groups in total. The number of rotatable bonds is 5. The van der Waals surface area contributed by atoms with Gasteiger partial charge in [0.25, 0.3) is 0 Å². The summed E-state index contributed by atoms with van der Waals surface area (Å²) in [5, 5.41) is 3.19. The highest BCUT2D eigenvalue weighted by molar-refractivity contribution is 5.88. The van der Waals surface area contributed by atoms with Crippen molar-refractivity contribution < 1.29 is 18.0 Å². The number of amides is 1. The summed E-state index contributed by atoms with van der Waals surface area (Å²) in [5.41, 5.74) is -0.566. The zero-order valence-electron chi connectivity index (χ0n) is 11.1. The Bertz CT molecular complexity index is 306. The van der Waals surface area contributed by atoms with Gasteiger partial charge in [0, 0.05) is 13.0 Å². The van der Waals surface area contributed by atoms with Crippen LogP contribution in [-0.2, 0) is 4.79 Å². The zero-order chi connectivity index (χ0) is 14.0. The minimum atomic E-state index is -4.10. The molecule has 1 amide bonds. The molecule has 0 aromatic carbocycles. The van der Waals surface area contributed by atoms with Crippen LogP contribution in [0.15, 0.2) is 0 Å². The molecule has 6 heteroatoms. The van der Waals surface area contributed by atoms with Crippen molar-refractivity contribution in [3.63, 3.8) is 0 Å². The summed E-state index contributed by atoms with van der Waals surface area (Å²) < 4.78 is 36.0. The van der Waals surface area contributed by atoms with E-state index in [1.165, 1.54) is 0 Å². The molecule has 0 aliphatic carbocycles. The lowest BCUT2D eigenvalue weighted by Crippen LogP contribution is -2.43. The van der Waals surface area contributed by atoms with E-state index in [0.29, 0.717) is 19.4 Å². The SMILES string of the molecule is CCC1(C)NC(C)N(CCCCC(F)(F)F)C1=O. The minimum absolute atomic E-state index is 0.00971. The van der Waals surface area contributed by atoms with Gasteiger partial charge in [-0.25, -0.2) is 0 Å². The van der Waals surface area contributed by atoms with E-state index in [0.717, 1.165) is 0 Å². The van der Waals surface area contributed by atoms with E-state index >= 15 is 0 Å². The number of carbonyl (C=O) groups is 1. The average molecular weight is 266 g/mol. The first kappa shape index (κ1) is 15.3. The lowest BCUT2D eigenvalue weighted by molar-refractivity contribution is -0.136. The van der Waals surface area contributed by atoms with Gasteiger partial charge in [0.1, 0.15) is 0 Å². The quantitative estimate of drug-likeness (QED) is 0.776. The largest absolute Gasteiger partial charge is 0.389 e. The van der Waals surface area contributed by atoms with E-state index in [1.807, 2.05) is 20.8 Å². The maximum atomic E-state index is 12.1. The Kier molecular flexibility index (Phi) is 4.64. The van der Waals surface area contributed by atoms with Gasteiger partial charge in [0.2, 0.25) is 5.91 Å². The van der Waals surface area contributed by atoms with Crippen molar-refractivity contribution in [1.82, 2.24) is 10.2 Å². The molecule has 0 bridgehead atoms. The van der Waals surface area contributed by atoms with E-state index in [4.69, 9.17) is 0 Å². The smallest absolute Gasteiger partial charge is 0.326 e. The Labute approximate surface area is 106 Å². The summed E-state index contributed by atoms with van der Waals surface area (Å²) in [4.78, 5) is 13.7. The van der Waals surface area contributed by atoms with Crippen LogP contribution in [0.3, 0.4) is 0 Å². The van der Waals surface area contributed by atoms with Crippen LogP contribution < -0.4 is 5.32 Å². The molecular formula is C12H21F3N2O. The number of alkyl halides is 3. The van der Waals surface area contributed by atoms with Gasteiger partial charge in [-0.15, -0.1) is 0 Å². The van der Waals surface area contributed by atoms with Gasteiger partial charge in [0.15, 0.2) is 0 Å². The second-order valence-corrected chi connectivity index (χ2v) is 5.08. The van der Waals surface area contributed by atoms with Crippen molar-refractivity contribution in [3.8, 4) is 0 Å². The molecule has 3 nitrogen and oxygen atoms in total. The number of unbranched alkanes of at least 4 members (excludes halogenated alkanes) is 1. The van der Waals surface area contributed by atoms with Crippen molar-refractivity contribution >= 4 is 5.91 Å². The molecule has 18 heavy (non-hydrogen) atoms. The third-order valence-corrected chi connectivity index (χ3v) is 3.54. The van der Waals surface area contributed by atoms with Crippen LogP contribution in [0.25, 0.3) is 0 Å². The molecule has 0 radical (unpaired) electrons. The van der Waals surface area contributed by atoms with Crippen LogP contribution >= 0.6 is 0 Å². The van der Waals surface area contributed by atoms with Crippen molar-refractivity contribution in [2.75, 3.05) is 6.54 Å². The van der Waals surface area contributed by atoms with Crippen LogP contribution in [0.5, 0.6) is 0 Å². The molecule has 0 spiro atoms. The molecule has 0 aromatic heterocycles. The molecule has 1 fully saturated rings. The Morgan fingerprint density at radius 2 is 2.00 bits per heavy atom. The first-order valence-corrected chi connectivity index (χ1v) is 6.35. The molecule has 2 atom stereocenters. The summed E-state index contributed by atoms with van der Waals surface area (Å²) in [7, 11) is 0. The highest BCUT2D eigenvalue weighted by Crippen LogP contribution is 2.25. The molecule has 1 saturated heterocycles. The van der Waals surface area contributed by atoms with Gasteiger partial charge in [-0.2, -0.15) is 13.2 Å². The highest BCUT2D eigenvalue weighted by Gasteiger charge is 2.44. The number of hydrogen-bond donors (Lipinski definition) is 1. The third kappa shape index (κ3) is 3.60. The predicted octanol–water partition coefficient (Wildman–Crippen LogP) is 2.67. The van der Waals surface area contributed by atoms with Crippen molar-refractivity contribution in [2.45, 2.75) is 64.3 Å². The van der Waals surface area contributed by atoms with Crippen LogP contribution in [0.1, 0.15) is 46.5 Å². The number of nitrogens with one attached hydrogen (secondary N) is 1. The highest BCUT2D eigenvalue weighted by atomic mass is 19.4. The van der Waals surface area contributed by atoms with Gasteiger partial charge < -0.3 is 4.90 Å². The van der Waals surface area contributed by atoms with Gasteiger partial charge in [0.05, 0.1) is 11.7 Å². The number of nitrogens with zero attached hydrogens (tertiary/aromatic N) is 1. The topological polar surface area (TPSA) is 32.3 Å². The van der Waals surface area contributed by atoms with E-state index in [9.17, 15) is 18.0 Å². The molecule has 1 aliphatic rings. The second kappa shape index (κ2) is 5.47. The van der Waals surface area contributed by atoms with Crippen molar-refractivity contribution in [2.24, 2.45) is 0 Å². The summed E-state index contributed by atoms with van der Waals surface area (Å²) in [5.74, 6) is -0.00971. The monoisotopic (exact) mass is 266 g/mol. The zero-order valence-corrected chi connectivity index (χ0v) is 11.1. The van der Waals surface area contributed by atoms with E-state index < -0.39 is 18.1 Å².